The van der Waals surface area contributed by atoms with Crippen LogP contribution in [0.5, 0.6) is 5.75 Å². The summed E-state index contributed by atoms with van der Waals surface area (Å²) >= 11 is 0. The number of benzene rings is 1. The SMILES string of the molecule is CC=C1C=C(Oc2ccc(N)cc2C)C=CN1N.CCC. The first kappa shape index (κ1) is 16.9. The molecule has 1 aromatic carbocycles. The summed E-state index contributed by atoms with van der Waals surface area (Å²) in [4.78, 5) is 0. The maximum Gasteiger partial charge on any atom is 0.131 e. The summed E-state index contributed by atoms with van der Waals surface area (Å²) in [6.45, 7) is 8.14. The van der Waals surface area contributed by atoms with Crippen LogP contribution >= 0.6 is 0 Å². The van der Waals surface area contributed by atoms with Gasteiger partial charge in [0.15, 0.2) is 0 Å². The lowest BCUT2D eigenvalue weighted by Gasteiger charge is -2.20. The molecule has 114 valence electrons. The smallest absolute Gasteiger partial charge is 0.131 e. The van der Waals surface area contributed by atoms with Gasteiger partial charge in [-0.3, -0.25) is 5.01 Å². The van der Waals surface area contributed by atoms with Crippen LogP contribution in [-0.4, -0.2) is 5.01 Å². The summed E-state index contributed by atoms with van der Waals surface area (Å²) in [7, 11) is 0. The van der Waals surface area contributed by atoms with Crippen LogP contribution in [0.15, 0.2) is 54.1 Å². The molecule has 0 saturated carbocycles. The molecule has 1 aromatic rings. The largest absolute Gasteiger partial charge is 0.457 e. The quantitative estimate of drug-likeness (QED) is 0.640. The number of nitrogens with two attached hydrogens (primary N) is 2. The van der Waals surface area contributed by atoms with E-state index in [0.717, 1.165) is 28.5 Å². The first-order chi connectivity index (χ1) is 10.0. The molecule has 0 fully saturated rings. The third-order valence-electron chi connectivity index (χ3n) is 2.71. The number of allylic oxidation sites excluding steroid dienone is 3. The Morgan fingerprint density at radius 3 is 2.52 bits per heavy atom. The van der Waals surface area contributed by atoms with Crippen LogP contribution in [0.4, 0.5) is 5.69 Å². The van der Waals surface area contributed by atoms with Gasteiger partial charge in [-0.1, -0.05) is 26.3 Å². The predicted molar refractivity (Wildman–Crippen MR) is 89.2 cm³/mol. The number of hydrazine groups is 1. The Morgan fingerprint density at radius 2 is 1.95 bits per heavy atom. The van der Waals surface area contributed by atoms with Crippen LogP contribution in [0, 0.1) is 6.92 Å². The van der Waals surface area contributed by atoms with E-state index < -0.39 is 0 Å². The van der Waals surface area contributed by atoms with E-state index in [1.165, 1.54) is 6.42 Å². The average molecular weight is 287 g/mol. The van der Waals surface area contributed by atoms with Gasteiger partial charge in [0.1, 0.15) is 11.5 Å². The molecule has 0 amide bonds. The van der Waals surface area contributed by atoms with Gasteiger partial charge in [0.2, 0.25) is 0 Å². The Hall–Kier alpha value is -2.20. The summed E-state index contributed by atoms with van der Waals surface area (Å²) < 4.78 is 5.82. The zero-order chi connectivity index (χ0) is 15.8. The number of nitrogens with zero attached hydrogens (tertiary/aromatic N) is 1. The van der Waals surface area contributed by atoms with Gasteiger partial charge in [0.05, 0.1) is 5.70 Å². The maximum absolute atomic E-state index is 5.82. The van der Waals surface area contributed by atoms with Crippen molar-refractivity contribution >= 4 is 5.69 Å². The van der Waals surface area contributed by atoms with E-state index in [4.69, 9.17) is 16.3 Å². The van der Waals surface area contributed by atoms with Crippen molar-refractivity contribution in [2.75, 3.05) is 5.73 Å². The second-order valence-electron chi connectivity index (χ2n) is 4.82. The summed E-state index contributed by atoms with van der Waals surface area (Å²) in [6.07, 6.45) is 8.64. The fourth-order valence-electron chi connectivity index (χ4n) is 1.72. The molecule has 4 nitrogen and oxygen atoms in total. The molecular weight excluding hydrogens is 262 g/mol. The molecule has 4 heteroatoms. The lowest BCUT2D eigenvalue weighted by atomic mass is 10.2. The normalized spacial score (nSPS) is 15.4. The molecule has 1 aliphatic heterocycles. The van der Waals surface area contributed by atoms with Gasteiger partial charge in [-0.25, -0.2) is 5.84 Å². The van der Waals surface area contributed by atoms with E-state index in [2.05, 4.69) is 13.8 Å². The molecule has 0 aliphatic carbocycles. The predicted octanol–water partition coefficient (Wildman–Crippen LogP) is 3.86. The lowest BCUT2D eigenvalue weighted by molar-refractivity contribution is 0.419. The standard InChI is InChI=1S/C14H17N3O.C3H8/c1-3-12-9-13(6-7-17(12)16)18-14-5-4-11(15)8-10(14)2;1-3-2/h3-9H,15-16H2,1-2H3;3H2,1-2H3. The highest BCUT2D eigenvalue weighted by Gasteiger charge is 2.09. The first-order valence-electron chi connectivity index (χ1n) is 7.15. The van der Waals surface area contributed by atoms with Gasteiger partial charge in [-0.05, 0) is 43.7 Å². The maximum atomic E-state index is 5.82. The molecule has 4 N–H and O–H groups in total. The number of ether oxygens (including phenoxy) is 1. The molecule has 0 spiro atoms. The van der Waals surface area contributed by atoms with Crippen LogP contribution in [0.25, 0.3) is 0 Å². The minimum Gasteiger partial charge on any atom is -0.457 e. The summed E-state index contributed by atoms with van der Waals surface area (Å²) in [6, 6.07) is 5.57. The Balaban J connectivity index is 0.000000677. The van der Waals surface area contributed by atoms with Crippen molar-refractivity contribution in [3.05, 3.63) is 59.6 Å². The van der Waals surface area contributed by atoms with Crippen molar-refractivity contribution in [2.24, 2.45) is 5.84 Å². The molecule has 2 rings (SSSR count). The second-order valence-corrected chi connectivity index (χ2v) is 4.82. The minimum absolute atomic E-state index is 0.732. The number of anilines is 1. The van der Waals surface area contributed by atoms with Crippen molar-refractivity contribution in [1.82, 2.24) is 5.01 Å². The second kappa shape index (κ2) is 8.17. The van der Waals surface area contributed by atoms with Gasteiger partial charge in [0.25, 0.3) is 0 Å². The molecule has 21 heavy (non-hydrogen) atoms. The van der Waals surface area contributed by atoms with E-state index in [1.54, 1.807) is 11.2 Å². The van der Waals surface area contributed by atoms with Gasteiger partial charge >= 0.3 is 0 Å². The molecule has 1 aliphatic rings. The van der Waals surface area contributed by atoms with Gasteiger partial charge in [-0.15, -0.1) is 0 Å². The highest BCUT2D eigenvalue weighted by molar-refractivity contribution is 5.48. The molecule has 1 heterocycles. The Bertz CT molecular complexity index is 559. The Kier molecular flexibility index (Phi) is 6.56. The van der Waals surface area contributed by atoms with Crippen molar-refractivity contribution in [1.29, 1.82) is 0 Å². The zero-order valence-corrected chi connectivity index (χ0v) is 13.3. The molecule has 0 bridgehead atoms. The van der Waals surface area contributed by atoms with Crippen LogP contribution < -0.4 is 16.3 Å². The van der Waals surface area contributed by atoms with E-state index in [9.17, 15) is 0 Å². The summed E-state index contributed by atoms with van der Waals surface area (Å²) in [5, 5.41) is 1.54. The van der Waals surface area contributed by atoms with Gasteiger partial charge in [-0.2, -0.15) is 0 Å². The first-order valence-corrected chi connectivity index (χ1v) is 7.15. The number of nitrogen functional groups attached to an aromatic ring is 1. The minimum atomic E-state index is 0.732. The van der Waals surface area contributed by atoms with E-state index in [0.29, 0.717) is 0 Å². The Labute approximate surface area is 127 Å². The van der Waals surface area contributed by atoms with Crippen LogP contribution in [0.2, 0.25) is 0 Å². The van der Waals surface area contributed by atoms with Crippen molar-refractivity contribution in [3.8, 4) is 5.75 Å². The summed E-state index contributed by atoms with van der Waals surface area (Å²) in [5.41, 5.74) is 8.33. The van der Waals surface area contributed by atoms with Gasteiger partial charge in [0, 0.05) is 18.0 Å². The zero-order valence-electron chi connectivity index (χ0n) is 13.3. The number of hydrogen-bond acceptors (Lipinski definition) is 4. The lowest BCUT2D eigenvalue weighted by Crippen LogP contribution is -2.25. The molecule has 0 saturated heterocycles. The molecular formula is C17H25N3O. The van der Waals surface area contributed by atoms with Gasteiger partial charge < -0.3 is 10.5 Å². The average Bonchev–Trinajstić information content (AvgIpc) is 2.44. The topological polar surface area (TPSA) is 64.5 Å². The number of rotatable bonds is 2. The van der Waals surface area contributed by atoms with Crippen molar-refractivity contribution < 1.29 is 4.74 Å². The highest BCUT2D eigenvalue weighted by Crippen LogP contribution is 2.24. The van der Waals surface area contributed by atoms with E-state index >= 15 is 0 Å². The Morgan fingerprint density at radius 1 is 1.29 bits per heavy atom. The molecule has 0 unspecified atom stereocenters. The monoisotopic (exact) mass is 287 g/mol. The van der Waals surface area contributed by atoms with Crippen molar-refractivity contribution in [2.45, 2.75) is 34.1 Å². The summed E-state index contributed by atoms with van der Waals surface area (Å²) in [5.74, 6) is 7.30. The molecule has 0 atom stereocenters. The van der Waals surface area contributed by atoms with Crippen LogP contribution in [0.3, 0.4) is 0 Å². The number of hydrogen-bond donors (Lipinski definition) is 2. The van der Waals surface area contributed by atoms with Crippen molar-refractivity contribution in [3.63, 3.8) is 0 Å². The third kappa shape index (κ3) is 5.00. The molecule has 0 aromatic heterocycles. The fraction of sp³-hybridized carbons (Fsp3) is 0.294. The molecule has 0 radical (unpaired) electrons. The van der Waals surface area contributed by atoms with E-state index in [-0.39, 0.29) is 0 Å². The van der Waals surface area contributed by atoms with Crippen LogP contribution in [-0.2, 0) is 0 Å². The van der Waals surface area contributed by atoms with Crippen LogP contribution in [0.1, 0.15) is 32.8 Å². The third-order valence-corrected chi connectivity index (χ3v) is 2.71. The van der Waals surface area contributed by atoms with E-state index in [1.807, 2.05) is 50.3 Å². The number of aryl methyl sites for hydroxylation is 1. The highest BCUT2D eigenvalue weighted by atomic mass is 16.5. The fourth-order valence-corrected chi connectivity index (χ4v) is 1.72.